The van der Waals surface area contributed by atoms with Crippen molar-refractivity contribution in [2.75, 3.05) is 5.32 Å². The summed E-state index contributed by atoms with van der Waals surface area (Å²) in [5.74, 6) is -0.783. The van der Waals surface area contributed by atoms with Crippen molar-refractivity contribution in [2.45, 2.75) is 6.92 Å². The molecule has 0 aliphatic rings. The fourth-order valence-electron chi connectivity index (χ4n) is 2.41. The number of hydrogen-bond acceptors (Lipinski definition) is 5. The molecule has 2 aromatic carbocycles. The summed E-state index contributed by atoms with van der Waals surface area (Å²) in [5, 5.41) is 12.1. The molecule has 0 fully saturated rings. The maximum absolute atomic E-state index is 13.3. The molecule has 2 heterocycles. The van der Waals surface area contributed by atoms with Gasteiger partial charge in [0.15, 0.2) is 10.8 Å². The van der Waals surface area contributed by atoms with Gasteiger partial charge in [-0.25, -0.2) is 9.37 Å². The van der Waals surface area contributed by atoms with Gasteiger partial charge in [0.05, 0.1) is 21.6 Å². The molecule has 0 aliphatic heterocycles. The van der Waals surface area contributed by atoms with E-state index in [1.54, 1.807) is 37.3 Å². The van der Waals surface area contributed by atoms with Gasteiger partial charge < -0.3 is 0 Å². The molecular weight excluding hydrogens is 377 g/mol. The summed E-state index contributed by atoms with van der Waals surface area (Å²) in [5.41, 5.74) is 1.91. The first-order valence-electron chi connectivity index (χ1n) is 7.57. The van der Waals surface area contributed by atoms with Crippen LogP contribution in [-0.2, 0) is 0 Å². The van der Waals surface area contributed by atoms with Crippen LogP contribution in [0.2, 0.25) is 5.02 Å². The normalized spacial score (nSPS) is 11.0. The van der Waals surface area contributed by atoms with E-state index in [0.29, 0.717) is 31.8 Å². The second-order valence-electron chi connectivity index (χ2n) is 5.49. The zero-order chi connectivity index (χ0) is 18.3. The number of aromatic nitrogens is 4. The molecule has 6 nitrogen and oxygen atoms in total. The van der Waals surface area contributed by atoms with Gasteiger partial charge in [-0.1, -0.05) is 29.0 Å². The minimum atomic E-state index is -0.435. The van der Waals surface area contributed by atoms with E-state index in [2.05, 4.69) is 20.5 Å². The smallest absolute Gasteiger partial charge is 0.279 e. The molecule has 0 radical (unpaired) electrons. The van der Waals surface area contributed by atoms with Crippen molar-refractivity contribution in [1.82, 2.24) is 20.0 Å². The Hall–Kier alpha value is -2.84. The second kappa shape index (κ2) is 6.47. The lowest BCUT2D eigenvalue weighted by molar-refractivity contribution is 0.102. The van der Waals surface area contributed by atoms with Crippen molar-refractivity contribution < 1.29 is 9.18 Å². The number of carbonyl (C=O) groups is 1. The van der Waals surface area contributed by atoms with Crippen LogP contribution in [0.15, 0.2) is 42.5 Å². The van der Waals surface area contributed by atoms with E-state index in [0.717, 1.165) is 0 Å². The average molecular weight is 388 g/mol. The van der Waals surface area contributed by atoms with Crippen LogP contribution >= 0.6 is 22.9 Å². The van der Waals surface area contributed by atoms with Crippen molar-refractivity contribution >= 4 is 44.2 Å². The Kier molecular flexibility index (Phi) is 4.14. The van der Waals surface area contributed by atoms with Crippen LogP contribution in [0.25, 0.3) is 15.9 Å². The minimum Gasteiger partial charge on any atom is -0.296 e. The number of halogens is 2. The minimum absolute atomic E-state index is 0.176. The molecular formula is C17H11ClFN5OS. The molecule has 130 valence electrons. The fourth-order valence-corrected chi connectivity index (χ4v) is 3.48. The predicted octanol–water partition coefficient (Wildman–Crippen LogP) is 4.23. The number of amides is 1. The lowest BCUT2D eigenvalue weighted by Gasteiger charge is -1.99. The Bertz CT molecular complexity index is 1140. The average Bonchev–Trinajstić information content (AvgIpc) is 3.17. The number of hydrogen-bond donors (Lipinski definition) is 1. The molecule has 4 aromatic rings. The summed E-state index contributed by atoms with van der Waals surface area (Å²) in [6.07, 6.45) is 0. The van der Waals surface area contributed by atoms with Crippen LogP contribution in [0.5, 0.6) is 0 Å². The van der Waals surface area contributed by atoms with Gasteiger partial charge in [0.1, 0.15) is 5.82 Å². The second-order valence-corrected chi connectivity index (χ2v) is 6.96. The number of anilines is 1. The molecule has 0 saturated carbocycles. The Balaban J connectivity index is 1.61. The number of nitrogens with one attached hydrogen (secondary N) is 1. The summed E-state index contributed by atoms with van der Waals surface area (Å²) in [6, 6.07) is 11.3. The van der Waals surface area contributed by atoms with E-state index < -0.39 is 5.91 Å². The monoisotopic (exact) mass is 387 g/mol. The summed E-state index contributed by atoms with van der Waals surface area (Å²) in [7, 11) is 0. The molecule has 0 atom stereocenters. The summed E-state index contributed by atoms with van der Waals surface area (Å²) >= 11 is 7.17. The van der Waals surface area contributed by atoms with E-state index in [9.17, 15) is 9.18 Å². The maximum Gasteiger partial charge on any atom is 0.279 e. The van der Waals surface area contributed by atoms with Gasteiger partial charge in [-0.2, -0.15) is 9.90 Å². The molecule has 9 heteroatoms. The van der Waals surface area contributed by atoms with Crippen LogP contribution in [0, 0.1) is 12.7 Å². The Morgan fingerprint density at radius 2 is 2.08 bits per heavy atom. The third-order valence-electron chi connectivity index (χ3n) is 3.61. The zero-order valence-electron chi connectivity index (χ0n) is 13.4. The van der Waals surface area contributed by atoms with Crippen LogP contribution in [0.4, 0.5) is 9.52 Å². The van der Waals surface area contributed by atoms with E-state index >= 15 is 0 Å². The van der Waals surface area contributed by atoms with Crippen molar-refractivity contribution in [2.24, 2.45) is 0 Å². The number of carbonyl (C=O) groups excluding carboxylic acids is 1. The third kappa shape index (κ3) is 3.16. The van der Waals surface area contributed by atoms with Gasteiger partial charge in [0.2, 0.25) is 0 Å². The summed E-state index contributed by atoms with van der Waals surface area (Å²) in [4.78, 5) is 18.2. The van der Waals surface area contributed by atoms with E-state index in [-0.39, 0.29) is 11.5 Å². The quantitative estimate of drug-likeness (QED) is 0.571. The number of thiazole rings is 1. The Labute approximate surface area is 156 Å². The van der Waals surface area contributed by atoms with Crippen LogP contribution in [0.3, 0.4) is 0 Å². The molecule has 0 spiro atoms. The Morgan fingerprint density at radius 3 is 2.88 bits per heavy atom. The van der Waals surface area contributed by atoms with Gasteiger partial charge in [-0.05, 0) is 43.3 Å². The summed E-state index contributed by atoms with van der Waals surface area (Å²) < 4.78 is 13.9. The SMILES string of the molecule is Cc1nn(-c2cccc(Cl)c2)nc1C(=O)Nc1nc2ccc(F)cc2s1. The zero-order valence-corrected chi connectivity index (χ0v) is 15.0. The molecule has 1 amide bonds. The number of benzene rings is 2. The molecule has 4 rings (SSSR count). The van der Waals surface area contributed by atoms with E-state index in [4.69, 9.17) is 11.6 Å². The first-order chi connectivity index (χ1) is 12.5. The highest BCUT2D eigenvalue weighted by Crippen LogP contribution is 2.27. The fraction of sp³-hybridized carbons (Fsp3) is 0.0588. The summed E-state index contributed by atoms with van der Waals surface area (Å²) in [6.45, 7) is 1.69. The van der Waals surface area contributed by atoms with Crippen LogP contribution in [-0.4, -0.2) is 25.9 Å². The predicted molar refractivity (Wildman–Crippen MR) is 98.6 cm³/mol. The Morgan fingerprint density at radius 1 is 1.23 bits per heavy atom. The highest BCUT2D eigenvalue weighted by Gasteiger charge is 2.18. The number of rotatable bonds is 3. The van der Waals surface area contributed by atoms with Gasteiger partial charge in [-0.15, -0.1) is 5.10 Å². The molecule has 2 aromatic heterocycles. The van der Waals surface area contributed by atoms with Gasteiger partial charge >= 0.3 is 0 Å². The van der Waals surface area contributed by atoms with E-state index in [1.807, 2.05) is 0 Å². The first-order valence-corrected chi connectivity index (χ1v) is 8.76. The topological polar surface area (TPSA) is 72.7 Å². The van der Waals surface area contributed by atoms with Gasteiger partial charge in [0, 0.05) is 5.02 Å². The van der Waals surface area contributed by atoms with Crippen LogP contribution in [0.1, 0.15) is 16.2 Å². The van der Waals surface area contributed by atoms with Gasteiger partial charge in [-0.3, -0.25) is 10.1 Å². The van der Waals surface area contributed by atoms with Crippen molar-refractivity contribution in [3.63, 3.8) is 0 Å². The molecule has 0 saturated heterocycles. The maximum atomic E-state index is 13.3. The molecule has 0 unspecified atom stereocenters. The van der Waals surface area contributed by atoms with Gasteiger partial charge in [0.25, 0.3) is 5.91 Å². The van der Waals surface area contributed by atoms with Crippen molar-refractivity contribution in [3.05, 3.63) is 64.7 Å². The first kappa shape index (κ1) is 16.6. The van der Waals surface area contributed by atoms with Crippen molar-refractivity contribution in [1.29, 1.82) is 0 Å². The number of nitrogens with zero attached hydrogens (tertiary/aromatic N) is 4. The molecule has 1 N–H and O–H groups in total. The number of aryl methyl sites for hydroxylation is 1. The largest absolute Gasteiger partial charge is 0.296 e. The lowest BCUT2D eigenvalue weighted by atomic mass is 10.3. The molecule has 0 aliphatic carbocycles. The standard InChI is InChI=1S/C17H11ClFN5OS/c1-9-15(23-24(22-9)12-4-2-3-10(18)7-12)16(25)21-17-20-13-6-5-11(19)8-14(13)26-17/h2-8H,1H3,(H,20,21,25). The lowest BCUT2D eigenvalue weighted by Crippen LogP contribution is -2.14. The van der Waals surface area contributed by atoms with Crippen molar-refractivity contribution in [3.8, 4) is 5.69 Å². The molecule has 0 bridgehead atoms. The van der Waals surface area contributed by atoms with Crippen LogP contribution < -0.4 is 5.32 Å². The number of fused-ring (bicyclic) bond motifs is 1. The van der Waals surface area contributed by atoms with E-state index in [1.165, 1.54) is 28.3 Å². The third-order valence-corrected chi connectivity index (χ3v) is 4.78. The highest BCUT2D eigenvalue weighted by molar-refractivity contribution is 7.22. The molecule has 26 heavy (non-hydrogen) atoms. The highest BCUT2D eigenvalue weighted by atomic mass is 35.5.